The van der Waals surface area contributed by atoms with E-state index in [2.05, 4.69) is 28.5 Å². The van der Waals surface area contributed by atoms with Gasteiger partial charge >= 0.3 is 6.03 Å². The number of benzene rings is 2. The molecule has 8 nitrogen and oxygen atoms in total. The number of likely N-dealkylation sites (tertiary alicyclic amines) is 1. The molecule has 1 heterocycles. The van der Waals surface area contributed by atoms with Gasteiger partial charge in [-0.15, -0.1) is 0 Å². The number of anilines is 1. The summed E-state index contributed by atoms with van der Waals surface area (Å²) in [6.45, 7) is 19.9. The maximum absolute atomic E-state index is 12.4. The van der Waals surface area contributed by atoms with Crippen molar-refractivity contribution < 1.29 is 14.7 Å². The molecule has 1 aliphatic heterocycles. The average Bonchev–Trinajstić information content (AvgIpc) is 3.08. The first-order valence-corrected chi connectivity index (χ1v) is 17.1. The van der Waals surface area contributed by atoms with E-state index in [1.54, 1.807) is 4.90 Å². The van der Waals surface area contributed by atoms with Gasteiger partial charge in [-0.25, -0.2) is 4.79 Å². The number of aliphatic hydroxyl groups is 1. The van der Waals surface area contributed by atoms with Crippen LogP contribution >= 0.6 is 0 Å². The quantitative estimate of drug-likeness (QED) is 0.193. The van der Waals surface area contributed by atoms with Crippen molar-refractivity contribution in [1.82, 2.24) is 15.1 Å². The Morgan fingerprint density at radius 2 is 1.55 bits per heavy atom. The number of nitrogens with two attached hydrogens (primary N) is 1. The van der Waals surface area contributed by atoms with Crippen molar-refractivity contribution in [2.24, 2.45) is 11.7 Å². The lowest BCUT2D eigenvalue weighted by Gasteiger charge is -2.37. The van der Waals surface area contributed by atoms with Crippen molar-refractivity contribution >= 4 is 17.6 Å². The number of allylic oxidation sites excluding steroid dienone is 4. The lowest BCUT2D eigenvalue weighted by atomic mass is 9.84. The number of urea groups is 1. The fourth-order valence-corrected chi connectivity index (χ4v) is 4.64. The summed E-state index contributed by atoms with van der Waals surface area (Å²) in [6, 6.07) is 17.2. The zero-order chi connectivity index (χ0) is 36.3. The Morgan fingerprint density at radius 3 is 2.06 bits per heavy atom. The Bertz CT molecular complexity index is 1180. The summed E-state index contributed by atoms with van der Waals surface area (Å²) < 4.78 is 0. The first-order chi connectivity index (χ1) is 22.6. The van der Waals surface area contributed by atoms with Crippen LogP contribution in [0.3, 0.4) is 0 Å². The molecule has 1 unspecified atom stereocenters. The number of amides is 3. The summed E-state index contributed by atoms with van der Waals surface area (Å²) in [4.78, 5) is 27.0. The molecule has 3 amide bonds. The van der Waals surface area contributed by atoms with Gasteiger partial charge in [-0.2, -0.15) is 0 Å². The van der Waals surface area contributed by atoms with Gasteiger partial charge in [0.15, 0.2) is 0 Å². The number of piperidine rings is 1. The van der Waals surface area contributed by atoms with E-state index in [1.165, 1.54) is 5.56 Å². The first kappa shape index (κ1) is 45.2. The molecule has 0 saturated carbocycles. The van der Waals surface area contributed by atoms with E-state index in [0.717, 1.165) is 23.4 Å². The number of nitrogens with zero attached hydrogens (tertiary/aromatic N) is 2. The summed E-state index contributed by atoms with van der Waals surface area (Å²) in [5.74, 6) is 0.148. The van der Waals surface area contributed by atoms with Gasteiger partial charge in [0.05, 0.1) is 5.60 Å². The van der Waals surface area contributed by atoms with Crippen LogP contribution < -0.4 is 16.4 Å². The Labute approximate surface area is 286 Å². The van der Waals surface area contributed by atoms with Crippen LogP contribution in [0.2, 0.25) is 0 Å². The SMILES string of the molecule is C/C=C/N/C=C(\C=C\C)C(C)CC(=O)Nc1cccc(CN(C)C)c1.CC.CC.CC.NC(=O)N1CCC(O)(c2ccccc2)CC1. The molecule has 0 spiro atoms. The monoisotopic (exact) mass is 652 g/mol. The van der Waals surface area contributed by atoms with Crippen LogP contribution in [-0.2, 0) is 16.9 Å². The number of hydrogen-bond donors (Lipinski definition) is 4. The minimum Gasteiger partial charge on any atom is -0.385 e. The predicted molar refractivity (Wildman–Crippen MR) is 202 cm³/mol. The molecule has 0 bridgehead atoms. The van der Waals surface area contributed by atoms with Crippen molar-refractivity contribution in [3.63, 3.8) is 0 Å². The van der Waals surface area contributed by atoms with E-state index in [9.17, 15) is 14.7 Å². The van der Waals surface area contributed by atoms with Crippen LogP contribution in [0.1, 0.15) is 92.7 Å². The van der Waals surface area contributed by atoms with Gasteiger partial charge in [-0.1, -0.05) is 109 Å². The largest absolute Gasteiger partial charge is 0.385 e. The van der Waals surface area contributed by atoms with Crippen molar-refractivity contribution in [3.05, 3.63) is 102 Å². The molecule has 8 heteroatoms. The summed E-state index contributed by atoms with van der Waals surface area (Å²) in [5.41, 5.74) is 8.43. The van der Waals surface area contributed by atoms with Crippen molar-refractivity contribution in [3.8, 4) is 0 Å². The molecule has 2 aromatic carbocycles. The Balaban J connectivity index is 0. The number of carbonyl (C=O) groups excluding carboxylic acids is 2. The molecule has 1 atom stereocenters. The third kappa shape index (κ3) is 18.8. The molecule has 1 aliphatic rings. The van der Waals surface area contributed by atoms with Gasteiger partial charge in [0, 0.05) is 37.9 Å². The number of hydrogen-bond acceptors (Lipinski definition) is 5. The van der Waals surface area contributed by atoms with Crippen LogP contribution in [-0.4, -0.2) is 54.0 Å². The number of nitrogens with one attached hydrogen (secondary N) is 2. The van der Waals surface area contributed by atoms with Gasteiger partial charge in [0.25, 0.3) is 0 Å². The second kappa shape index (κ2) is 27.3. The molecule has 3 rings (SSSR count). The highest BCUT2D eigenvalue weighted by atomic mass is 16.3. The Hall–Kier alpha value is -3.88. The second-order valence-electron chi connectivity index (χ2n) is 10.6. The maximum Gasteiger partial charge on any atom is 0.314 e. The van der Waals surface area contributed by atoms with Crippen molar-refractivity contribution in [1.29, 1.82) is 0 Å². The molecule has 0 aromatic heterocycles. The van der Waals surface area contributed by atoms with Crippen LogP contribution in [0.15, 0.2) is 90.8 Å². The first-order valence-electron chi connectivity index (χ1n) is 17.1. The van der Waals surface area contributed by atoms with Gasteiger partial charge in [0.2, 0.25) is 5.91 Å². The van der Waals surface area contributed by atoms with Crippen LogP contribution in [0.25, 0.3) is 0 Å². The van der Waals surface area contributed by atoms with Crippen molar-refractivity contribution in [2.45, 2.75) is 93.7 Å². The number of carbonyl (C=O) groups is 2. The van der Waals surface area contributed by atoms with Crippen LogP contribution in [0.5, 0.6) is 0 Å². The molecule has 1 fully saturated rings. The van der Waals surface area contributed by atoms with E-state index < -0.39 is 11.6 Å². The zero-order valence-corrected chi connectivity index (χ0v) is 31.1. The molecule has 0 radical (unpaired) electrons. The van der Waals surface area contributed by atoms with E-state index >= 15 is 0 Å². The van der Waals surface area contributed by atoms with Gasteiger partial charge in [0.1, 0.15) is 0 Å². The minimum absolute atomic E-state index is 0.0240. The normalized spacial score (nSPS) is 14.2. The summed E-state index contributed by atoms with van der Waals surface area (Å²) in [7, 11) is 4.06. The Morgan fingerprint density at radius 1 is 0.957 bits per heavy atom. The molecule has 2 aromatic rings. The van der Waals surface area contributed by atoms with Gasteiger partial charge in [-0.3, -0.25) is 4.79 Å². The smallest absolute Gasteiger partial charge is 0.314 e. The minimum atomic E-state index is -0.812. The maximum atomic E-state index is 12.4. The summed E-state index contributed by atoms with van der Waals surface area (Å²) in [5, 5.41) is 16.6. The van der Waals surface area contributed by atoms with Gasteiger partial charge in [-0.05, 0) is 81.7 Å². The third-order valence-corrected chi connectivity index (χ3v) is 6.86. The Kier molecular flexibility index (Phi) is 26.2. The van der Waals surface area contributed by atoms with Crippen LogP contribution in [0.4, 0.5) is 10.5 Å². The highest BCUT2D eigenvalue weighted by molar-refractivity contribution is 5.91. The number of primary amides is 1. The van der Waals surface area contributed by atoms with Crippen LogP contribution in [0, 0.1) is 5.92 Å². The average molecular weight is 652 g/mol. The topological polar surface area (TPSA) is 111 Å². The zero-order valence-electron chi connectivity index (χ0n) is 31.1. The van der Waals surface area contributed by atoms with E-state index in [4.69, 9.17) is 5.73 Å². The van der Waals surface area contributed by atoms with Crippen molar-refractivity contribution in [2.75, 3.05) is 32.5 Å². The highest BCUT2D eigenvalue weighted by Gasteiger charge is 2.34. The second-order valence-corrected chi connectivity index (χ2v) is 10.6. The fraction of sp³-hybridized carbons (Fsp3) is 0.487. The van der Waals surface area contributed by atoms with E-state index in [-0.39, 0.29) is 11.8 Å². The lowest BCUT2D eigenvalue weighted by Crippen LogP contribution is -2.47. The summed E-state index contributed by atoms with van der Waals surface area (Å²) in [6.07, 6.45) is 11.3. The standard InChI is InChI=1S/C21H31N3O.C12H16N2O2.3C2H6/c1-6-9-19(15-22-12-7-2)17(3)13-21(25)23-20-11-8-10-18(14-20)16-24(4)5;13-11(15)14-8-6-12(16,7-9-14)10-4-2-1-3-5-10;3*1-2/h6-12,14-15,17,22H,13,16H2,1-5H3,(H,23,25);1-5,16H,6-9H2,(H2,13,15);3*1-2H3/b9-6+,12-7+,19-15+;;;;. The molecule has 1 saturated heterocycles. The van der Waals surface area contributed by atoms with E-state index in [1.807, 2.05) is 149 Å². The molecular weight excluding hydrogens is 586 g/mol. The molecule has 264 valence electrons. The molecule has 0 aliphatic carbocycles. The molecule has 5 N–H and O–H groups in total. The third-order valence-electron chi connectivity index (χ3n) is 6.86. The molecule has 47 heavy (non-hydrogen) atoms. The van der Waals surface area contributed by atoms with Gasteiger partial charge < -0.3 is 31.3 Å². The fourth-order valence-electron chi connectivity index (χ4n) is 4.64. The highest BCUT2D eigenvalue weighted by Crippen LogP contribution is 2.32. The molecular formula is C39H65N5O3. The number of rotatable bonds is 10. The summed E-state index contributed by atoms with van der Waals surface area (Å²) >= 11 is 0. The lowest BCUT2D eigenvalue weighted by molar-refractivity contribution is -0.116. The van der Waals surface area contributed by atoms with E-state index in [0.29, 0.717) is 32.4 Å². The predicted octanol–water partition coefficient (Wildman–Crippen LogP) is 8.42.